The second-order valence-corrected chi connectivity index (χ2v) is 4.42. The summed E-state index contributed by atoms with van der Waals surface area (Å²) in [5.41, 5.74) is -1.13. The fourth-order valence-corrected chi connectivity index (χ4v) is 1.92. The van der Waals surface area contributed by atoms with Crippen molar-refractivity contribution in [2.24, 2.45) is 5.16 Å². The summed E-state index contributed by atoms with van der Waals surface area (Å²) in [6, 6.07) is 0. The standard InChI is InChI=1S/C10H14F3NO4/c1-4-15-8-6-5(16-9(2,3)17-6)7(14-18-8)10(11,12)13/h5-6,8H,4H2,1-3H3/t5-,6+,8+/m0/s1. The summed E-state index contributed by atoms with van der Waals surface area (Å²) in [6.45, 7) is 5.03. The minimum absolute atomic E-state index is 0.272. The van der Waals surface area contributed by atoms with Crippen LogP contribution in [0, 0.1) is 0 Å². The van der Waals surface area contributed by atoms with Gasteiger partial charge in [-0.3, -0.25) is 0 Å². The number of fused-ring (bicyclic) bond motifs is 1. The van der Waals surface area contributed by atoms with Crippen molar-refractivity contribution in [3.8, 4) is 0 Å². The van der Waals surface area contributed by atoms with Crippen LogP contribution >= 0.6 is 0 Å². The highest BCUT2D eigenvalue weighted by Gasteiger charge is 2.58. The van der Waals surface area contributed by atoms with Crippen molar-refractivity contribution in [2.75, 3.05) is 6.61 Å². The van der Waals surface area contributed by atoms with E-state index in [0.29, 0.717) is 0 Å². The molecule has 0 N–H and O–H groups in total. The minimum atomic E-state index is -4.62. The zero-order chi connectivity index (χ0) is 13.6. The maximum atomic E-state index is 12.8. The van der Waals surface area contributed by atoms with Crippen LogP contribution in [0.15, 0.2) is 5.16 Å². The number of hydrogen-bond donors (Lipinski definition) is 0. The van der Waals surface area contributed by atoms with Gasteiger partial charge in [0.05, 0.1) is 0 Å². The normalized spacial score (nSPS) is 34.8. The average Bonchev–Trinajstić information content (AvgIpc) is 2.52. The molecule has 2 aliphatic heterocycles. The Kier molecular flexibility index (Phi) is 3.28. The number of rotatable bonds is 2. The molecular weight excluding hydrogens is 255 g/mol. The van der Waals surface area contributed by atoms with Gasteiger partial charge in [-0.2, -0.15) is 13.2 Å². The molecule has 0 radical (unpaired) electrons. The second-order valence-electron chi connectivity index (χ2n) is 4.42. The molecule has 1 saturated heterocycles. The molecular formula is C10H14F3NO4. The summed E-state index contributed by atoms with van der Waals surface area (Å²) < 4.78 is 54.0. The Hall–Kier alpha value is -0.860. The summed E-state index contributed by atoms with van der Waals surface area (Å²) in [5, 5.41) is 3.07. The van der Waals surface area contributed by atoms with Gasteiger partial charge in [-0.25, -0.2) is 0 Å². The van der Waals surface area contributed by atoms with Crippen LogP contribution in [0.25, 0.3) is 0 Å². The molecule has 0 aliphatic carbocycles. The van der Waals surface area contributed by atoms with Gasteiger partial charge >= 0.3 is 6.18 Å². The van der Waals surface area contributed by atoms with Gasteiger partial charge in [0.15, 0.2) is 17.6 Å². The van der Waals surface area contributed by atoms with E-state index < -0.39 is 36.2 Å². The van der Waals surface area contributed by atoms with E-state index in [1.54, 1.807) is 6.92 Å². The minimum Gasteiger partial charge on any atom is -0.360 e. The lowest BCUT2D eigenvalue weighted by atomic mass is 10.1. The summed E-state index contributed by atoms with van der Waals surface area (Å²) in [5.74, 6) is -1.13. The molecule has 8 heteroatoms. The van der Waals surface area contributed by atoms with Crippen LogP contribution in [0.5, 0.6) is 0 Å². The Morgan fingerprint density at radius 1 is 1.33 bits per heavy atom. The van der Waals surface area contributed by atoms with Crippen molar-refractivity contribution in [3.63, 3.8) is 0 Å². The Labute approximate surface area is 102 Å². The van der Waals surface area contributed by atoms with Gasteiger partial charge in [-0.05, 0) is 20.8 Å². The monoisotopic (exact) mass is 269 g/mol. The van der Waals surface area contributed by atoms with Crippen LogP contribution in [0.3, 0.4) is 0 Å². The highest BCUT2D eigenvalue weighted by Crippen LogP contribution is 2.38. The molecule has 0 bridgehead atoms. The molecule has 5 nitrogen and oxygen atoms in total. The SMILES string of the molecule is CCO[C@@H]1ON=C(C(F)(F)F)[C@H]2OC(C)(C)O[C@@H]12. The van der Waals surface area contributed by atoms with E-state index in [0.717, 1.165) is 0 Å². The molecule has 3 atom stereocenters. The lowest BCUT2D eigenvalue weighted by Gasteiger charge is -2.29. The van der Waals surface area contributed by atoms with Crippen molar-refractivity contribution < 1.29 is 32.2 Å². The molecule has 0 spiro atoms. The van der Waals surface area contributed by atoms with E-state index in [-0.39, 0.29) is 6.61 Å². The first-order valence-electron chi connectivity index (χ1n) is 5.53. The largest absolute Gasteiger partial charge is 0.435 e. The van der Waals surface area contributed by atoms with Gasteiger partial charge in [0.2, 0.25) is 0 Å². The third-order valence-electron chi connectivity index (χ3n) is 2.54. The molecule has 0 aromatic heterocycles. The van der Waals surface area contributed by atoms with Gasteiger partial charge in [0.25, 0.3) is 6.29 Å². The summed E-state index contributed by atoms with van der Waals surface area (Å²) in [7, 11) is 0. The van der Waals surface area contributed by atoms with Gasteiger partial charge < -0.3 is 19.0 Å². The van der Waals surface area contributed by atoms with Crippen LogP contribution in [0.1, 0.15) is 20.8 Å². The number of nitrogens with zero attached hydrogens (tertiary/aromatic N) is 1. The number of alkyl halides is 3. The van der Waals surface area contributed by atoms with E-state index in [9.17, 15) is 13.2 Å². The Morgan fingerprint density at radius 3 is 2.56 bits per heavy atom. The number of hydrogen-bond acceptors (Lipinski definition) is 5. The quantitative estimate of drug-likeness (QED) is 0.767. The molecule has 104 valence electrons. The predicted octanol–water partition coefficient (Wildman–Crippen LogP) is 1.82. The van der Waals surface area contributed by atoms with Crippen LogP contribution < -0.4 is 0 Å². The third kappa shape index (κ3) is 2.45. The van der Waals surface area contributed by atoms with Crippen LogP contribution in [-0.4, -0.2) is 42.8 Å². The fraction of sp³-hybridized carbons (Fsp3) is 0.900. The number of oxime groups is 1. The average molecular weight is 269 g/mol. The first-order valence-corrected chi connectivity index (χ1v) is 5.53. The highest BCUT2D eigenvalue weighted by atomic mass is 19.4. The second kappa shape index (κ2) is 4.36. The van der Waals surface area contributed by atoms with E-state index in [1.807, 2.05) is 0 Å². The molecule has 0 saturated carbocycles. The predicted molar refractivity (Wildman–Crippen MR) is 53.8 cm³/mol. The summed E-state index contributed by atoms with van der Waals surface area (Å²) in [4.78, 5) is 4.71. The summed E-state index contributed by atoms with van der Waals surface area (Å²) in [6.07, 6.45) is -7.92. The van der Waals surface area contributed by atoms with E-state index in [2.05, 4.69) is 5.16 Å². The smallest absolute Gasteiger partial charge is 0.360 e. The first kappa shape index (κ1) is 13.6. The van der Waals surface area contributed by atoms with Gasteiger partial charge in [0.1, 0.15) is 6.10 Å². The molecule has 1 fully saturated rings. The fourth-order valence-electron chi connectivity index (χ4n) is 1.92. The zero-order valence-corrected chi connectivity index (χ0v) is 10.2. The Morgan fingerprint density at radius 2 is 2.00 bits per heavy atom. The van der Waals surface area contributed by atoms with Gasteiger partial charge in [0, 0.05) is 6.61 Å². The van der Waals surface area contributed by atoms with Crippen molar-refractivity contribution >= 4 is 5.71 Å². The molecule has 18 heavy (non-hydrogen) atoms. The van der Waals surface area contributed by atoms with Crippen molar-refractivity contribution in [3.05, 3.63) is 0 Å². The molecule has 0 aromatic rings. The Bertz CT molecular complexity index is 356. The van der Waals surface area contributed by atoms with E-state index >= 15 is 0 Å². The number of halogens is 3. The third-order valence-corrected chi connectivity index (χ3v) is 2.54. The molecule has 2 rings (SSSR count). The van der Waals surface area contributed by atoms with Gasteiger partial charge in [-0.1, -0.05) is 5.16 Å². The maximum Gasteiger partial charge on any atom is 0.435 e. The molecule has 0 amide bonds. The lowest BCUT2D eigenvalue weighted by Crippen LogP contribution is -2.50. The highest BCUT2D eigenvalue weighted by molar-refractivity contribution is 5.94. The molecule has 2 heterocycles. The van der Waals surface area contributed by atoms with Crippen LogP contribution in [-0.2, 0) is 19.0 Å². The van der Waals surface area contributed by atoms with Crippen LogP contribution in [0.2, 0.25) is 0 Å². The maximum absolute atomic E-state index is 12.8. The van der Waals surface area contributed by atoms with Gasteiger partial charge in [-0.15, -0.1) is 0 Å². The first-order chi connectivity index (χ1) is 8.24. The summed E-state index contributed by atoms with van der Waals surface area (Å²) >= 11 is 0. The van der Waals surface area contributed by atoms with E-state index in [4.69, 9.17) is 19.0 Å². The molecule has 0 unspecified atom stereocenters. The lowest BCUT2D eigenvalue weighted by molar-refractivity contribution is -0.223. The zero-order valence-electron chi connectivity index (χ0n) is 10.2. The van der Waals surface area contributed by atoms with Crippen LogP contribution in [0.4, 0.5) is 13.2 Å². The number of ether oxygens (including phenoxy) is 3. The van der Waals surface area contributed by atoms with Crippen molar-refractivity contribution in [2.45, 2.75) is 51.2 Å². The molecule has 2 aliphatic rings. The topological polar surface area (TPSA) is 49.3 Å². The van der Waals surface area contributed by atoms with Crippen molar-refractivity contribution in [1.29, 1.82) is 0 Å². The Balaban J connectivity index is 2.27. The van der Waals surface area contributed by atoms with Crippen molar-refractivity contribution in [1.82, 2.24) is 0 Å². The van der Waals surface area contributed by atoms with E-state index in [1.165, 1.54) is 13.8 Å². The molecule has 0 aromatic carbocycles.